The van der Waals surface area contributed by atoms with E-state index >= 15 is 0 Å². The number of amides is 3. The van der Waals surface area contributed by atoms with Crippen molar-refractivity contribution >= 4 is 29.7 Å². The normalized spacial score (nSPS) is 15.9. The Balaban J connectivity index is 2.25. The Kier molecular flexibility index (Phi) is 6.56. The number of thioether (sulfide) groups is 1. The molecule has 7 heteroatoms. The van der Waals surface area contributed by atoms with Crippen LogP contribution in [0.15, 0.2) is 0 Å². The smallest absolute Gasteiger partial charge is 0.324 e. The molecule has 6 nitrogen and oxygen atoms in total. The molecule has 3 amide bonds. The first-order valence-electron chi connectivity index (χ1n) is 5.98. The van der Waals surface area contributed by atoms with Gasteiger partial charge in [-0.1, -0.05) is 0 Å². The first kappa shape index (κ1) is 14.8. The van der Waals surface area contributed by atoms with E-state index in [2.05, 4.69) is 5.32 Å². The largest absolute Gasteiger partial charge is 0.481 e. The number of carboxylic acid groups (broad SMARTS) is 1. The molecule has 0 aromatic carbocycles. The van der Waals surface area contributed by atoms with Crippen LogP contribution in [0.1, 0.15) is 25.7 Å². The fourth-order valence-corrected chi connectivity index (χ4v) is 2.50. The van der Waals surface area contributed by atoms with Crippen molar-refractivity contribution in [2.45, 2.75) is 25.7 Å². The minimum absolute atomic E-state index is 0.0536. The number of hydrogen-bond donors (Lipinski definition) is 2. The average molecular weight is 274 g/mol. The molecular formula is C11H18N2O4S. The lowest BCUT2D eigenvalue weighted by Crippen LogP contribution is -2.43. The van der Waals surface area contributed by atoms with Crippen LogP contribution in [0.25, 0.3) is 0 Å². The highest BCUT2D eigenvalue weighted by Crippen LogP contribution is 2.09. The predicted molar refractivity (Wildman–Crippen MR) is 68.5 cm³/mol. The van der Waals surface area contributed by atoms with Crippen LogP contribution in [0.2, 0.25) is 0 Å². The van der Waals surface area contributed by atoms with Gasteiger partial charge in [0.2, 0.25) is 5.91 Å². The zero-order valence-corrected chi connectivity index (χ0v) is 11.0. The van der Waals surface area contributed by atoms with Crippen molar-refractivity contribution in [1.82, 2.24) is 10.2 Å². The molecule has 1 heterocycles. The van der Waals surface area contributed by atoms with E-state index in [-0.39, 0.29) is 25.3 Å². The number of nitrogens with one attached hydrogen (secondary N) is 1. The summed E-state index contributed by atoms with van der Waals surface area (Å²) >= 11 is 1.80. The summed E-state index contributed by atoms with van der Waals surface area (Å²) in [6, 6.07) is -0.363. The molecule has 0 spiro atoms. The van der Waals surface area contributed by atoms with Crippen molar-refractivity contribution in [3.05, 3.63) is 0 Å². The maximum Gasteiger partial charge on any atom is 0.324 e. The first-order valence-corrected chi connectivity index (χ1v) is 7.13. The number of hydrogen-bond acceptors (Lipinski definition) is 4. The van der Waals surface area contributed by atoms with Gasteiger partial charge in [0.05, 0.1) is 0 Å². The van der Waals surface area contributed by atoms with Gasteiger partial charge in [-0.15, -0.1) is 0 Å². The molecule has 0 saturated carbocycles. The molecule has 1 saturated heterocycles. The summed E-state index contributed by atoms with van der Waals surface area (Å²) in [5, 5.41) is 10.7. The zero-order chi connectivity index (χ0) is 13.4. The van der Waals surface area contributed by atoms with Gasteiger partial charge < -0.3 is 10.0 Å². The molecule has 1 rings (SSSR count). The molecule has 0 atom stereocenters. The van der Waals surface area contributed by atoms with Gasteiger partial charge in [-0.25, -0.2) is 4.79 Å². The molecule has 0 aliphatic carbocycles. The number of nitrogens with zero attached hydrogens (tertiary/aromatic N) is 1. The van der Waals surface area contributed by atoms with Crippen LogP contribution in [0.5, 0.6) is 0 Å². The Labute approximate surface area is 110 Å². The third-order valence-corrected chi connectivity index (χ3v) is 3.60. The number of urea groups is 1. The van der Waals surface area contributed by atoms with E-state index in [1.54, 1.807) is 16.7 Å². The van der Waals surface area contributed by atoms with Crippen molar-refractivity contribution < 1.29 is 19.5 Å². The third kappa shape index (κ3) is 5.90. The summed E-state index contributed by atoms with van der Waals surface area (Å²) in [6.45, 7) is 1.32. The molecule has 1 fully saturated rings. The van der Waals surface area contributed by atoms with Gasteiger partial charge in [-0.2, -0.15) is 11.8 Å². The minimum atomic E-state index is -0.932. The second-order valence-corrected chi connectivity index (χ2v) is 5.28. The van der Waals surface area contributed by atoms with Crippen molar-refractivity contribution in [2.24, 2.45) is 0 Å². The Hall–Kier alpha value is -1.24. The van der Waals surface area contributed by atoms with Gasteiger partial charge in [0.1, 0.15) is 0 Å². The lowest BCUT2D eigenvalue weighted by Gasteiger charge is -2.19. The summed E-state index contributed by atoms with van der Waals surface area (Å²) < 4.78 is 0. The standard InChI is InChI=1S/C11H18N2O4S/c14-9(3-1-4-10(15)16)12-11(17)13-5-2-7-18-8-6-13/h1-8H2,(H,15,16)(H,12,14,17). The molecule has 1 aliphatic rings. The third-order valence-electron chi connectivity index (χ3n) is 2.55. The van der Waals surface area contributed by atoms with Crippen molar-refractivity contribution in [2.75, 3.05) is 24.6 Å². The molecule has 0 bridgehead atoms. The molecule has 102 valence electrons. The topological polar surface area (TPSA) is 86.7 Å². The first-order chi connectivity index (χ1) is 8.59. The lowest BCUT2D eigenvalue weighted by molar-refractivity contribution is -0.137. The van der Waals surface area contributed by atoms with E-state index in [9.17, 15) is 14.4 Å². The quantitative estimate of drug-likeness (QED) is 0.796. The monoisotopic (exact) mass is 274 g/mol. The number of aliphatic carboxylic acids is 1. The minimum Gasteiger partial charge on any atom is -0.481 e. The Morgan fingerprint density at radius 2 is 1.94 bits per heavy atom. The summed E-state index contributed by atoms with van der Waals surface area (Å²) in [5.41, 5.74) is 0. The molecule has 18 heavy (non-hydrogen) atoms. The van der Waals surface area contributed by atoms with Crippen LogP contribution in [0.3, 0.4) is 0 Å². The van der Waals surface area contributed by atoms with Crippen LogP contribution in [0.4, 0.5) is 4.79 Å². The van der Waals surface area contributed by atoms with Gasteiger partial charge in [-0.05, 0) is 18.6 Å². The second-order valence-electron chi connectivity index (χ2n) is 4.05. The Morgan fingerprint density at radius 3 is 2.67 bits per heavy atom. The van der Waals surface area contributed by atoms with E-state index in [1.165, 1.54) is 0 Å². The highest BCUT2D eigenvalue weighted by molar-refractivity contribution is 7.99. The Morgan fingerprint density at radius 1 is 1.17 bits per heavy atom. The van der Waals surface area contributed by atoms with Crippen LogP contribution in [-0.2, 0) is 9.59 Å². The van der Waals surface area contributed by atoms with Crippen LogP contribution < -0.4 is 5.32 Å². The number of rotatable bonds is 4. The van der Waals surface area contributed by atoms with Gasteiger partial charge in [0.25, 0.3) is 0 Å². The maximum atomic E-state index is 11.7. The fraction of sp³-hybridized carbons (Fsp3) is 0.727. The van der Waals surface area contributed by atoms with Gasteiger partial charge in [0.15, 0.2) is 0 Å². The van der Waals surface area contributed by atoms with Crippen LogP contribution in [0, 0.1) is 0 Å². The summed E-state index contributed by atoms with van der Waals surface area (Å²) in [4.78, 5) is 35.0. The van der Waals surface area contributed by atoms with Crippen LogP contribution in [-0.4, -0.2) is 52.5 Å². The van der Waals surface area contributed by atoms with E-state index in [0.717, 1.165) is 17.9 Å². The number of carbonyl (C=O) groups excluding carboxylic acids is 2. The van der Waals surface area contributed by atoms with E-state index in [0.29, 0.717) is 13.1 Å². The number of carbonyl (C=O) groups is 3. The average Bonchev–Trinajstić information content (AvgIpc) is 2.56. The number of imide groups is 1. The van der Waals surface area contributed by atoms with Gasteiger partial charge in [0, 0.05) is 31.7 Å². The summed E-state index contributed by atoms with van der Waals surface area (Å²) in [5.74, 6) is 0.591. The van der Waals surface area contributed by atoms with Crippen molar-refractivity contribution in [3.63, 3.8) is 0 Å². The highest BCUT2D eigenvalue weighted by atomic mass is 32.2. The second kappa shape index (κ2) is 7.97. The lowest BCUT2D eigenvalue weighted by atomic mass is 10.2. The maximum absolute atomic E-state index is 11.7. The highest BCUT2D eigenvalue weighted by Gasteiger charge is 2.17. The summed E-state index contributed by atoms with van der Waals surface area (Å²) in [7, 11) is 0. The molecule has 0 aromatic heterocycles. The molecular weight excluding hydrogens is 256 g/mol. The molecule has 2 N–H and O–H groups in total. The molecule has 0 unspecified atom stereocenters. The molecule has 0 aromatic rings. The van der Waals surface area contributed by atoms with E-state index in [4.69, 9.17) is 5.11 Å². The molecule has 0 radical (unpaired) electrons. The zero-order valence-electron chi connectivity index (χ0n) is 10.2. The Bertz CT molecular complexity index is 314. The fourth-order valence-electron chi connectivity index (χ4n) is 1.61. The van der Waals surface area contributed by atoms with E-state index in [1.807, 2.05) is 0 Å². The van der Waals surface area contributed by atoms with Crippen molar-refractivity contribution in [3.8, 4) is 0 Å². The summed E-state index contributed by atoms with van der Waals surface area (Å²) in [6.07, 6.45) is 1.21. The number of carboxylic acids is 1. The van der Waals surface area contributed by atoms with Crippen LogP contribution >= 0.6 is 11.8 Å². The molecule has 1 aliphatic heterocycles. The van der Waals surface area contributed by atoms with Gasteiger partial charge >= 0.3 is 12.0 Å². The SMILES string of the molecule is O=C(O)CCCC(=O)NC(=O)N1CCCSCC1. The van der Waals surface area contributed by atoms with Crippen molar-refractivity contribution in [1.29, 1.82) is 0 Å². The van der Waals surface area contributed by atoms with Gasteiger partial charge in [-0.3, -0.25) is 14.9 Å². The van der Waals surface area contributed by atoms with E-state index < -0.39 is 11.9 Å². The predicted octanol–water partition coefficient (Wildman–Crippen LogP) is 0.916.